The molecule has 336 valence electrons. The normalized spacial score (nSPS) is 19.3. The van der Waals surface area contributed by atoms with Crippen molar-refractivity contribution in [2.45, 2.75) is 55.9 Å². The number of nitrogens with zero attached hydrogens (tertiary/aromatic N) is 4. The molecule has 1 atom stereocenters. The molecule has 3 saturated heterocycles. The smallest absolute Gasteiger partial charge is 0.338 e. The zero-order chi connectivity index (χ0) is 44.2. The highest BCUT2D eigenvalue weighted by atomic mass is 35.5. The molecule has 4 aliphatic rings. The van der Waals surface area contributed by atoms with Crippen molar-refractivity contribution in [3.05, 3.63) is 123 Å². The predicted octanol–water partition coefficient (Wildman–Crippen LogP) is 8.70. The molecule has 1 unspecified atom stereocenters. The van der Waals surface area contributed by atoms with Crippen LogP contribution in [0.4, 0.5) is 17.1 Å². The highest BCUT2D eigenvalue weighted by Crippen LogP contribution is 2.49. The van der Waals surface area contributed by atoms with E-state index in [0.29, 0.717) is 62.7 Å². The highest BCUT2D eigenvalue weighted by Gasteiger charge is 2.38. The quantitative estimate of drug-likeness (QED) is 0.0722. The fraction of sp³-hybridized carbons (Fsp3) is 0.396. The Bertz CT molecular complexity index is 2620. The van der Waals surface area contributed by atoms with Gasteiger partial charge in [-0.05, 0) is 130 Å². The first-order chi connectivity index (χ1) is 31.1. The number of aromatic nitrogens is 1. The topological polar surface area (TPSA) is 162 Å². The average Bonchev–Trinajstić information content (AvgIpc) is 4.03. The van der Waals surface area contributed by atoms with Crippen molar-refractivity contribution in [3.63, 3.8) is 0 Å². The lowest BCUT2D eigenvalue weighted by Gasteiger charge is -2.40. The summed E-state index contributed by atoms with van der Waals surface area (Å²) in [5.41, 5.74) is 4.93. The fourth-order valence-electron chi connectivity index (χ4n) is 9.74. The van der Waals surface area contributed by atoms with E-state index in [-0.39, 0.29) is 22.9 Å². The van der Waals surface area contributed by atoms with Gasteiger partial charge in [0.05, 0.1) is 10.6 Å². The van der Waals surface area contributed by atoms with Gasteiger partial charge in [-0.15, -0.1) is 0 Å². The molecule has 0 saturated carbocycles. The Morgan fingerprint density at radius 3 is 2.41 bits per heavy atom. The highest BCUT2D eigenvalue weighted by molar-refractivity contribution is 7.90. The molecule has 1 aromatic heterocycles. The summed E-state index contributed by atoms with van der Waals surface area (Å²) >= 11 is 6.31. The maximum absolute atomic E-state index is 14.6. The number of sulfonamides is 1. The number of allylic oxidation sites excluding steroid dienone is 1. The van der Waals surface area contributed by atoms with E-state index in [1.165, 1.54) is 47.8 Å². The van der Waals surface area contributed by atoms with Gasteiger partial charge in [0.25, 0.3) is 15.9 Å². The van der Waals surface area contributed by atoms with Crippen LogP contribution < -0.4 is 19.7 Å². The molecule has 4 aromatic carbocycles. The van der Waals surface area contributed by atoms with Crippen LogP contribution in [0.15, 0.2) is 102 Å². The Morgan fingerprint density at radius 1 is 0.922 bits per heavy atom. The minimum atomic E-state index is -4.77. The van der Waals surface area contributed by atoms with E-state index >= 15 is 0 Å². The van der Waals surface area contributed by atoms with Crippen molar-refractivity contribution in [1.29, 1.82) is 0 Å². The van der Waals surface area contributed by atoms with Crippen molar-refractivity contribution < 1.29 is 27.6 Å². The zero-order valence-corrected chi connectivity index (χ0v) is 37.3. The number of nitrogens with one attached hydrogen (secondary N) is 3. The summed E-state index contributed by atoms with van der Waals surface area (Å²) in [6.45, 7) is 6.88. The molecule has 0 bridgehead atoms. The van der Waals surface area contributed by atoms with Gasteiger partial charge >= 0.3 is 5.69 Å². The van der Waals surface area contributed by atoms with Crippen molar-refractivity contribution in [3.8, 4) is 11.5 Å². The first-order valence-corrected chi connectivity index (χ1v) is 24.2. The third-order valence-corrected chi connectivity index (χ3v) is 14.8. The fourth-order valence-corrected chi connectivity index (χ4v) is 11.0. The van der Waals surface area contributed by atoms with E-state index in [4.69, 9.17) is 21.1 Å². The predicted molar refractivity (Wildman–Crippen MR) is 250 cm³/mol. The Morgan fingerprint density at radius 2 is 1.67 bits per heavy atom. The second-order valence-electron chi connectivity index (χ2n) is 17.3. The van der Waals surface area contributed by atoms with E-state index < -0.39 is 37.2 Å². The summed E-state index contributed by atoms with van der Waals surface area (Å²) in [5, 5.41) is 18.4. The number of aromatic amines is 1. The number of benzene rings is 4. The SMILES string of the molecule is O=C(NS(=O)(=O)c1cc(N2CCN(CC3=C(c4ccc(Cl)cc4)CCC(N4CCCC4)C3)CC2)c(NCC2CCOCC2)c([N+](=O)[O-])c1Oc1ccc2[nH]ccc2c1)c1ccccc1. The number of hydrogen-bond acceptors (Lipinski definition) is 11. The molecule has 3 aliphatic heterocycles. The number of nitro groups is 1. The molecular formula is C48H54ClN7O7S. The second-order valence-corrected chi connectivity index (χ2v) is 19.3. The van der Waals surface area contributed by atoms with Gasteiger partial charge in [-0.1, -0.05) is 47.5 Å². The van der Waals surface area contributed by atoms with Crippen LogP contribution in [-0.4, -0.2) is 106 Å². The number of carbonyl (C=O) groups is 1. The van der Waals surface area contributed by atoms with Gasteiger partial charge in [0, 0.05) is 86.2 Å². The van der Waals surface area contributed by atoms with Crippen LogP contribution in [0, 0.1) is 16.0 Å². The van der Waals surface area contributed by atoms with Crippen LogP contribution in [0.3, 0.4) is 0 Å². The molecule has 0 spiro atoms. The molecule has 3 N–H and O–H groups in total. The van der Waals surface area contributed by atoms with Crippen LogP contribution in [-0.2, 0) is 14.8 Å². The van der Waals surface area contributed by atoms with E-state index in [2.05, 4.69) is 37.0 Å². The lowest BCUT2D eigenvalue weighted by molar-refractivity contribution is -0.384. The van der Waals surface area contributed by atoms with Gasteiger partial charge < -0.3 is 29.6 Å². The molecule has 16 heteroatoms. The summed E-state index contributed by atoms with van der Waals surface area (Å²) in [7, 11) is -4.77. The molecule has 1 aliphatic carbocycles. The number of fused-ring (bicyclic) bond motifs is 1. The molecule has 1 amide bonds. The lowest BCUT2D eigenvalue weighted by atomic mass is 9.83. The minimum Gasteiger partial charge on any atom is -0.449 e. The number of nitro benzene ring substituents is 1. The lowest BCUT2D eigenvalue weighted by Crippen LogP contribution is -2.48. The Labute approximate surface area is 378 Å². The maximum atomic E-state index is 14.6. The van der Waals surface area contributed by atoms with Gasteiger partial charge in [0.2, 0.25) is 5.75 Å². The number of likely N-dealkylation sites (tertiary alicyclic amines) is 1. The number of piperazine rings is 1. The van der Waals surface area contributed by atoms with Crippen molar-refractivity contribution in [2.24, 2.45) is 5.92 Å². The number of H-pyrrole nitrogens is 1. The van der Waals surface area contributed by atoms with Crippen molar-refractivity contribution >= 4 is 61.1 Å². The first-order valence-electron chi connectivity index (χ1n) is 22.3. The molecule has 9 rings (SSSR count). The van der Waals surface area contributed by atoms with Gasteiger partial charge in [-0.25, -0.2) is 13.1 Å². The number of rotatable bonds is 14. The van der Waals surface area contributed by atoms with Crippen molar-refractivity contribution in [2.75, 3.05) is 75.8 Å². The zero-order valence-electron chi connectivity index (χ0n) is 35.8. The summed E-state index contributed by atoms with van der Waals surface area (Å²) in [4.78, 5) is 36.1. The van der Waals surface area contributed by atoms with Crippen LogP contribution in [0.2, 0.25) is 5.02 Å². The summed E-state index contributed by atoms with van der Waals surface area (Å²) < 4.78 is 43.3. The second kappa shape index (κ2) is 19.3. The first kappa shape index (κ1) is 43.8. The van der Waals surface area contributed by atoms with Gasteiger partial charge in [0.15, 0.2) is 0 Å². The Kier molecular flexibility index (Phi) is 13.2. The standard InChI is InChI=1S/C48H54ClN7O7S/c49-38-10-8-34(9-11-38)41-14-12-39(54-20-4-5-21-54)28-37(41)32-53-22-24-55(25-23-53)43-30-44(64(60,61)52-48(57)35-6-2-1-3-7-35)47(63-40-13-15-42-36(29-40)16-19-50-42)46(56(58)59)45(43)51-31-33-17-26-62-27-18-33/h1-3,6-11,13,15-16,19,29-30,33,39,50-51H,4-5,12,14,17-18,20-28,31-32H2,(H,52,57). The molecule has 3 fully saturated rings. The number of amides is 1. The number of anilines is 2. The summed E-state index contributed by atoms with van der Waals surface area (Å²) in [5.74, 6) is -0.992. The number of carbonyl (C=O) groups excluding carboxylic acids is 1. The number of halogens is 1. The summed E-state index contributed by atoms with van der Waals surface area (Å²) in [6.07, 6.45) is 8.91. The van der Waals surface area contributed by atoms with Gasteiger partial charge in [0.1, 0.15) is 16.3 Å². The third-order valence-electron chi connectivity index (χ3n) is 13.2. The van der Waals surface area contributed by atoms with Crippen molar-refractivity contribution in [1.82, 2.24) is 19.5 Å². The molecule has 4 heterocycles. The van der Waals surface area contributed by atoms with Gasteiger partial charge in [-0.3, -0.25) is 19.8 Å². The van der Waals surface area contributed by atoms with Gasteiger partial charge in [-0.2, -0.15) is 0 Å². The van der Waals surface area contributed by atoms with E-state index in [9.17, 15) is 23.3 Å². The van der Waals surface area contributed by atoms with E-state index in [1.807, 2.05) is 23.1 Å². The Balaban J connectivity index is 1.08. The van der Waals surface area contributed by atoms with Crippen LogP contribution in [0.25, 0.3) is 16.5 Å². The maximum Gasteiger partial charge on any atom is 0.338 e. The third kappa shape index (κ3) is 9.78. The molecular weight excluding hydrogens is 854 g/mol. The monoisotopic (exact) mass is 907 g/mol. The van der Waals surface area contributed by atoms with Crippen LogP contribution in [0.1, 0.15) is 60.9 Å². The average molecular weight is 909 g/mol. The number of hydrogen-bond donors (Lipinski definition) is 3. The number of ether oxygens (including phenoxy) is 2. The minimum absolute atomic E-state index is 0.117. The molecule has 0 radical (unpaired) electrons. The van der Waals surface area contributed by atoms with E-state index in [1.54, 1.807) is 42.6 Å². The molecule has 14 nitrogen and oxygen atoms in total. The Hall–Kier alpha value is -5.45. The molecule has 5 aromatic rings. The van der Waals surface area contributed by atoms with E-state index in [0.717, 1.165) is 62.6 Å². The summed E-state index contributed by atoms with van der Waals surface area (Å²) in [6, 6.07) is 25.0. The van der Waals surface area contributed by atoms with Crippen LogP contribution in [0.5, 0.6) is 11.5 Å². The largest absolute Gasteiger partial charge is 0.449 e. The van der Waals surface area contributed by atoms with Crippen LogP contribution >= 0.6 is 11.6 Å². The molecule has 64 heavy (non-hydrogen) atoms.